The van der Waals surface area contributed by atoms with E-state index in [1.165, 1.54) is 5.52 Å². The zero-order valence-corrected chi connectivity index (χ0v) is 17.6. The summed E-state index contributed by atoms with van der Waals surface area (Å²) in [6.07, 6.45) is 8.04. The van der Waals surface area contributed by atoms with Crippen molar-refractivity contribution in [3.63, 3.8) is 0 Å². The number of benzene rings is 1. The number of fused-ring (bicyclic) bond motifs is 1. The number of hydrogen-bond acceptors (Lipinski definition) is 3. The van der Waals surface area contributed by atoms with Gasteiger partial charge in [-0.1, -0.05) is 19.1 Å². The molecule has 0 aliphatic carbocycles. The standard InChI is InChI=1S/C22H31N7/c1-17-9-13-27(15-21(17)28-14-11-24-16-28)22(23-3)25-10-6-12-29-18(2)26-19-7-4-5-8-20(19)29/h4-5,7-8,11,14,16-17,21H,6,9-10,12-13,15H2,1-3H3,(H,23,25). The maximum atomic E-state index is 4.66. The zero-order chi connectivity index (χ0) is 20.2. The Labute approximate surface area is 172 Å². The molecule has 7 heteroatoms. The average Bonchev–Trinajstić information content (AvgIpc) is 3.37. The molecule has 0 radical (unpaired) electrons. The number of piperidine rings is 1. The Balaban J connectivity index is 1.33. The minimum Gasteiger partial charge on any atom is -0.356 e. The molecule has 3 aromatic rings. The van der Waals surface area contributed by atoms with Crippen molar-refractivity contribution in [2.45, 2.75) is 39.3 Å². The van der Waals surface area contributed by atoms with E-state index in [1.807, 2.05) is 25.6 Å². The van der Waals surface area contributed by atoms with Gasteiger partial charge in [0.15, 0.2) is 5.96 Å². The van der Waals surface area contributed by atoms with E-state index in [0.717, 1.165) is 56.3 Å². The number of para-hydroxylation sites is 2. The number of hydrogen-bond donors (Lipinski definition) is 1. The molecule has 1 fully saturated rings. The van der Waals surface area contributed by atoms with Crippen LogP contribution in [-0.2, 0) is 6.54 Å². The summed E-state index contributed by atoms with van der Waals surface area (Å²) in [4.78, 5) is 15.8. The SMILES string of the molecule is CN=C(NCCCn1c(C)nc2ccccc21)N1CCC(C)C(n2ccnc2)C1. The maximum Gasteiger partial charge on any atom is 0.193 e. The summed E-state index contributed by atoms with van der Waals surface area (Å²) >= 11 is 0. The van der Waals surface area contributed by atoms with Gasteiger partial charge in [0.1, 0.15) is 5.82 Å². The van der Waals surface area contributed by atoms with E-state index < -0.39 is 0 Å². The van der Waals surface area contributed by atoms with E-state index in [9.17, 15) is 0 Å². The van der Waals surface area contributed by atoms with E-state index in [1.54, 1.807) is 0 Å². The summed E-state index contributed by atoms with van der Waals surface area (Å²) in [6, 6.07) is 8.78. The van der Waals surface area contributed by atoms with Crippen LogP contribution in [-0.4, -0.2) is 56.6 Å². The van der Waals surface area contributed by atoms with Gasteiger partial charge in [-0.3, -0.25) is 4.99 Å². The van der Waals surface area contributed by atoms with Crippen molar-refractivity contribution in [2.75, 3.05) is 26.7 Å². The first-order valence-electron chi connectivity index (χ1n) is 10.5. The number of imidazole rings is 2. The van der Waals surface area contributed by atoms with Crippen LogP contribution in [0.2, 0.25) is 0 Å². The van der Waals surface area contributed by atoms with Crippen molar-refractivity contribution in [2.24, 2.45) is 10.9 Å². The van der Waals surface area contributed by atoms with E-state index in [4.69, 9.17) is 0 Å². The molecular weight excluding hydrogens is 362 g/mol. The third-order valence-electron chi connectivity index (χ3n) is 6.02. The van der Waals surface area contributed by atoms with E-state index in [-0.39, 0.29) is 0 Å². The Morgan fingerprint density at radius 1 is 1.31 bits per heavy atom. The molecule has 4 rings (SSSR count). The van der Waals surface area contributed by atoms with Crippen LogP contribution in [0.15, 0.2) is 48.0 Å². The molecule has 1 saturated heterocycles. The fraction of sp³-hybridized carbons (Fsp3) is 0.500. The molecule has 1 aliphatic heterocycles. The Bertz CT molecular complexity index is 957. The lowest BCUT2D eigenvalue weighted by Crippen LogP contribution is -2.49. The van der Waals surface area contributed by atoms with Gasteiger partial charge in [-0.15, -0.1) is 0 Å². The second-order valence-corrected chi connectivity index (χ2v) is 7.92. The highest BCUT2D eigenvalue weighted by Gasteiger charge is 2.28. The number of rotatable bonds is 5. The minimum atomic E-state index is 0.435. The smallest absolute Gasteiger partial charge is 0.193 e. The summed E-state index contributed by atoms with van der Waals surface area (Å²) in [7, 11) is 1.88. The Morgan fingerprint density at radius 3 is 2.97 bits per heavy atom. The number of likely N-dealkylation sites (tertiary alicyclic amines) is 1. The second-order valence-electron chi connectivity index (χ2n) is 7.92. The summed E-state index contributed by atoms with van der Waals surface area (Å²) < 4.78 is 4.54. The number of aromatic nitrogens is 4. The Morgan fingerprint density at radius 2 is 2.17 bits per heavy atom. The molecule has 1 aliphatic rings. The molecule has 0 amide bonds. The molecule has 1 N–H and O–H groups in total. The third-order valence-corrected chi connectivity index (χ3v) is 6.02. The van der Waals surface area contributed by atoms with Gasteiger partial charge in [-0.25, -0.2) is 9.97 Å². The predicted octanol–water partition coefficient (Wildman–Crippen LogP) is 3.09. The van der Waals surface area contributed by atoms with Crippen molar-refractivity contribution < 1.29 is 0 Å². The van der Waals surface area contributed by atoms with Gasteiger partial charge in [0, 0.05) is 45.6 Å². The molecule has 7 nitrogen and oxygen atoms in total. The third kappa shape index (κ3) is 4.13. The van der Waals surface area contributed by atoms with Crippen LogP contribution in [0.25, 0.3) is 11.0 Å². The van der Waals surface area contributed by atoms with Crippen LogP contribution >= 0.6 is 0 Å². The van der Waals surface area contributed by atoms with Crippen molar-refractivity contribution in [3.05, 3.63) is 48.8 Å². The number of nitrogens with zero attached hydrogens (tertiary/aromatic N) is 6. The topological polar surface area (TPSA) is 63.3 Å². The molecule has 2 aromatic heterocycles. The summed E-state index contributed by atoms with van der Waals surface area (Å²) in [6.45, 7) is 8.25. The van der Waals surface area contributed by atoms with Crippen LogP contribution in [0.5, 0.6) is 0 Å². The lowest BCUT2D eigenvalue weighted by molar-refractivity contribution is 0.189. The molecule has 29 heavy (non-hydrogen) atoms. The molecule has 154 valence electrons. The van der Waals surface area contributed by atoms with Crippen molar-refractivity contribution >= 4 is 17.0 Å². The zero-order valence-electron chi connectivity index (χ0n) is 17.6. The largest absolute Gasteiger partial charge is 0.356 e. The first-order chi connectivity index (χ1) is 14.2. The number of guanidine groups is 1. The minimum absolute atomic E-state index is 0.435. The maximum absolute atomic E-state index is 4.66. The first kappa shape index (κ1) is 19.5. The Hall–Kier alpha value is -2.83. The van der Waals surface area contributed by atoms with Crippen molar-refractivity contribution in [1.82, 2.24) is 29.3 Å². The van der Waals surface area contributed by atoms with Crippen LogP contribution in [0.4, 0.5) is 0 Å². The lowest BCUT2D eigenvalue weighted by Gasteiger charge is -2.39. The van der Waals surface area contributed by atoms with E-state index in [0.29, 0.717) is 12.0 Å². The van der Waals surface area contributed by atoms with Gasteiger partial charge in [0.25, 0.3) is 0 Å². The molecule has 0 bridgehead atoms. The summed E-state index contributed by atoms with van der Waals surface area (Å²) in [5.41, 5.74) is 2.28. The summed E-state index contributed by atoms with van der Waals surface area (Å²) in [5.74, 6) is 2.70. The van der Waals surface area contributed by atoms with Crippen LogP contribution in [0.3, 0.4) is 0 Å². The molecular formula is C22H31N7. The first-order valence-corrected chi connectivity index (χ1v) is 10.5. The normalized spacial score (nSPS) is 20.4. The highest BCUT2D eigenvalue weighted by atomic mass is 15.3. The highest BCUT2D eigenvalue weighted by molar-refractivity contribution is 5.80. The molecule has 3 heterocycles. The lowest BCUT2D eigenvalue weighted by atomic mass is 9.93. The van der Waals surface area contributed by atoms with Gasteiger partial charge < -0.3 is 19.4 Å². The molecule has 2 atom stereocenters. The average molecular weight is 394 g/mol. The highest BCUT2D eigenvalue weighted by Crippen LogP contribution is 2.27. The monoisotopic (exact) mass is 393 g/mol. The van der Waals surface area contributed by atoms with Gasteiger partial charge in [0.2, 0.25) is 0 Å². The fourth-order valence-corrected chi connectivity index (χ4v) is 4.34. The van der Waals surface area contributed by atoms with Crippen molar-refractivity contribution in [3.8, 4) is 0 Å². The van der Waals surface area contributed by atoms with Gasteiger partial charge >= 0.3 is 0 Å². The quantitative estimate of drug-likeness (QED) is 0.411. The van der Waals surface area contributed by atoms with E-state index >= 15 is 0 Å². The number of nitrogens with one attached hydrogen (secondary N) is 1. The second kappa shape index (κ2) is 8.68. The molecule has 2 unspecified atom stereocenters. The van der Waals surface area contributed by atoms with Crippen molar-refractivity contribution in [1.29, 1.82) is 0 Å². The number of aliphatic imine (C=N–C) groups is 1. The molecule has 0 saturated carbocycles. The van der Waals surface area contributed by atoms with Gasteiger partial charge in [-0.05, 0) is 37.8 Å². The van der Waals surface area contributed by atoms with Crippen LogP contribution in [0.1, 0.15) is 31.6 Å². The van der Waals surface area contributed by atoms with Gasteiger partial charge in [0.05, 0.1) is 23.4 Å². The number of aryl methyl sites for hydroxylation is 2. The van der Waals surface area contributed by atoms with Gasteiger partial charge in [-0.2, -0.15) is 0 Å². The molecule has 0 spiro atoms. The van der Waals surface area contributed by atoms with E-state index in [2.05, 4.69) is 72.6 Å². The van der Waals surface area contributed by atoms with Crippen LogP contribution in [0, 0.1) is 12.8 Å². The van der Waals surface area contributed by atoms with Crippen LogP contribution < -0.4 is 5.32 Å². The Kier molecular flexibility index (Phi) is 5.83. The summed E-state index contributed by atoms with van der Waals surface area (Å²) in [5, 5.41) is 3.57. The molecule has 1 aromatic carbocycles. The fourth-order valence-electron chi connectivity index (χ4n) is 4.34. The predicted molar refractivity (Wildman–Crippen MR) is 117 cm³/mol.